The summed E-state index contributed by atoms with van der Waals surface area (Å²) in [6, 6.07) is 10.9. The van der Waals surface area contributed by atoms with Crippen LogP contribution in [0.2, 0.25) is 5.02 Å². The monoisotopic (exact) mass is 900 g/mol. The van der Waals surface area contributed by atoms with Crippen LogP contribution in [0.1, 0.15) is 109 Å². The molecule has 0 unspecified atom stereocenters. The first-order chi connectivity index (χ1) is 30.3. The zero-order valence-corrected chi connectivity index (χ0v) is 37.0. The predicted molar refractivity (Wildman–Crippen MR) is 235 cm³/mol. The van der Waals surface area contributed by atoms with Gasteiger partial charge in [0.1, 0.15) is 40.9 Å². The second kappa shape index (κ2) is 17.4. The zero-order chi connectivity index (χ0) is 44.0. The van der Waals surface area contributed by atoms with Crippen LogP contribution in [-0.2, 0) is 29.1 Å². The Hall–Kier alpha value is -5.22. The van der Waals surface area contributed by atoms with Gasteiger partial charge in [0.05, 0.1) is 11.8 Å². The van der Waals surface area contributed by atoms with Crippen LogP contribution in [0.3, 0.4) is 0 Å². The molecule has 5 aliphatic rings. The van der Waals surface area contributed by atoms with E-state index in [1.165, 1.54) is 4.90 Å². The summed E-state index contributed by atoms with van der Waals surface area (Å²) in [7, 11) is -3.93. The number of aromatic nitrogens is 2. The van der Waals surface area contributed by atoms with Crippen molar-refractivity contribution in [3.05, 3.63) is 65.2 Å². The van der Waals surface area contributed by atoms with Crippen molar-refractivity contribution in [3.63, 3.8) is 0 Å². The second-order valence-corrected chi connectivity index (χ2v) is 20.5. The number of halogens is 1. The number of carbonyl (C=O) groups excluding carboxylic acids is 4. The molecule has 334 valence electrons. The fourth-order valence-electron chi connectivity index (χ4n) is 9.16. The molecule has 1 saturated heterocycles. The van der Waals surface area contributed by atoms with Gasteiger partial charge >= 0.3 is 6.09 Å². The van der Waals surface area contributed by atoms with Crippen molar-refractivity contribution >= 4 is 67.5 Å². The summed E-state index contributed by atoms with van der Waals surface area (Å²) in [5, 5.41) is 6.23. The Labute approximate surface area is 371 Å². The molecule has 63 heavy (non-hydrogen) atoms. The number of sulfonamides is 1. The van der Waals surface area contributed by atoms with E-state index in [0.29, 0.717) is 65.4 Å². The van der Waals surface area contributed by atoms with Crippen molar-refractivity contribution in [2.45, 2.75) is 138 Å². The Morgan fingerprint density at radius 3 is 2.48 bits per heavy atom. The van der Waals surface area contributed by atoms with Crippen LogP contribution in [0.25, 0.3) is 33.5 Å². The number of nitrogens with zero attached hydrogens (tertiary/aromatic N) is 3. The standard InChI is InChI=1S/C46H53ClN6O9S/c1-26(2)27-14-16-28(17-15-27)40-49-38-34-22-30(47)18-21-37(34)62-39(38)42(50-40)60-32-23-36-41(54)51-46(44(56)52-63(58,59)33-19-20-33)24-29(46)10-6-4-3-5-7-13-35(43(55)53(36)25-32)48-45(57)61-31-11-8-9-12-31/h6,10,14-18,21-22,26,29,31-33,35-36H,3-5,7-9,11-13,19-20,23-25H2,1-2H3,(H,48,57)(H,51,54)(H,52,56)/b10-6-/t29-,32-,35+,36+,46-/m1/s1. The molecule has 0 spiro atoms. The lowest BCUT2D eigenvalue weighted by Gasteiger charge is -2.30. The number of amides is 4. The average Bonchev–Trinajstić information content (AvgIpc) is 4.07. The summed E-state index contributed by atoms with van der Waals surface area (Å²) < 4.78 is 46.9. The van der Waals surface area contributed by atoms with Crippen molar-refractivity contribution in [1.29, 1.82) is 0 Å². The number of allylic oxidation sites excluding steroid dienone is 1. The number of carbonyl (C=O) groups is 4. The minimum Gasteiger partial charge on any atom is -0.470 e. The van der Waals surface area contributed by atoms with E-state index >= 15 is 0 Å². The van der Waals surface area contributed by atoms with Crippen LogP contribution in [-0.4, -0.2) is 88.7 Å². The van der Waals surface area contributed by atoms with Crippen molar-refractivity contribution in [2.75, 3.05) is 6.54 Å². The van der Waals surface area contributed by atoms with E-state index < -0.39 is 68.7 Å². The van der Waals surface area contributed by atoms with E-state index in [1.807, 2.05) is 36.4 Å². The normalized spacial score (nSPS) is 26.4. The quantitative estimate of drug-likeness (QED) is 0.144. The van der Waals surface area contributed by atoms with E-state index in [4.69, 9.17) is 35.5 Å². The molecule has 4 heterocycles. The van der Waals surface area contributed by atoms with Crippen LogP contribution in [0.15, 0.2) is 59.0 Å². The first-order valence-electron chi connectivity index (χ1n) is 22.3. The molecule has 2 aromatic heterocycles. The van der Waals surface area contributed by atoms with Crippen molar-refractivity contribution in [3.8, 4) is 17.3 Å². The molecule has 2 aromatic carbocycles. The lowest BCUT2D eigenvalue weighted by molar-refractivity contribution is -0.141. The van der Waals surface area contributed by atoms with Crippen molar-refractivity contribution in [2.24, 2.45) is 5.92 Å². The maximum Gasteiger partial charge on any atom is 0.408 e. The smallest absolute Gasteiger partial charge is 0.408 e. The molecule has 4 fully saturated rings. The number of nitrogens with one attached hydrogen (secondary N) is 3. The first-order valence-corrected chi connectivity index (χ1v) is 24.2. The predicted octanol–water partition coefficient (Wildman–Crippen LogP) is 7.21. The number of rotatable bonds is 9. The molecular formula is C46H53ClN6O9S. The molecule has 2 aliphatic heterocycles. The molecule has 15 nitrogen and oxygen atoms in total. The number of benzene rings is 2. The number of ether oxygens (including phenoxy) is 2. The van der Waals surface area contributed by atoms with Gasteiger partial charge in [-0.15, -0.1) is 0 Å². The Kier molecular flexibility index (Phi) is 11.9. The molecule has 17 heteroatoms. The zero-order valence-electron chi connectivity index (χ0n) is 35.4. The molecule has 9 rings (SSSR count). The van der Waals surface area contributed by atoms with E-state index in [9.17, 15) is 27.6 Å². The number of alkyl carbamates (subject to hydrolysis) is 1. The summed E-state index contributed by atoms with van der Waals surface area (Å²) in [4.78, 5) is 67.9. The molecule has 3 saturated carbocycles. The van der Waals surface area contributed by atoms with E-state index in [2.05, 4.69) is 29.2 Å². The summed E-state index contributed by atoms with van der Waals surface area (Å²) in [6.07, 6.45) is 9.73. The maximum absolute atomic E-state index is 14.8. The van der Waals surface area contributed by atoms with Gasteiger partial charge in [0, 0.05) is 28.3 Å². The third-order valence-corrected chi connectivity index (χ3v) is 15.1. The molecule has 4 aromatic rings. The summed E-state index contributed by atoms with van der Waals surface area (Å²) >= 11 is 6.44. The minimum absolute atomic E-state index is 0.0225. The van der Waals surface area contributed by atoms with Crippen LogP contribution in [0.5, 0.6) is 5.88 Å². The summed E-state index contributed by atoms with van der Waals surface area (Å²) in [5.41, 5.74) is 1.56. The minimum atomic E-state index is -3.93. The van der Waals surface area contributed by atoms with Crippen LogP contribution < -0.4 is 20.1 Å². The Morgan fingerprint density at radius 1 is 0.968 bits per heavy atom. The number of hydrogen-bond donors (Lipinski definition) is 3. The van der Waals surface area contributed by atoms with E-state index in [1.54, 1.807) is 18.2 Å². The SMILES string of the molecule is CC(C)c1ccc(-c2nc(O[C@@H]3C[C@H]4C(=O)N[C@]5(C(=O)NS(=O)(=O)C6CC6)C[C@H]5/C=C\CCCCC[C@H](NC(=O)OC5CCCC5)C(=O)N4C3)c3oc4ccc(Cl)cc4c3n2)cc1. The van der Waals surface area contributed by atoms with Crippen molar-refractivity contribution in [1.82, 2.24) is 30.2 Å². The van der Waals surface area contributed by atoms with Gasteiger partial charge in [0.2, 0.25) is 27.4 Å². The number of furan rings is 1. The van der Waals surface area contributed by atoms with Gasteiger partial charge < -0.3 is 29.4 Å². The van der Waals surface area contributed by atoms with Gasteiger partial charge in [0.15, 0.2) is 5.82 Å². The maximum atomic E-state index is 14.8. The fraction of sp³-hybridized carbons (Fsp3) is 0.522. The highest BCUT2D eigenvalue weighted by Gasteiger charge is 2.62. The van der Waals surface area contributed by atoms with Crippen LogP contribution in [0.4, 0.5) is 4.79 Å². The van der Waals surface area contributed by atoms with Gasteiger partial charge in [-0.25, -0.2) is 18.2 Å². The summed E-state index contributed by atoms with van der Waals surface area (Å²) in [5.74, 6) is -1.64. The highest BCUT2D eigenvalue weighted by Crippen LogP contribution is 2.46. The fourth-order valence-corrected chi connectivity index (χ4v) is 10.7. The van der Waals surface area contributed by atoms with E-state index in [-0.39, 0.29) is 37.0 Å². The molecule has 0 radical (unpaired) electrons. The molecule has 0 bridgehead atoms. The summed E-state index contributed by atoms with van der Waals surface area (Å²) in [6.45, 7) is 4.14. The van der Waals surface area contributed by atoms with Gasteiger partial charge in [0.25, 0.3) is 11.8 Å². The highest BCUT2D eigenvalue weighted by atomic mass is 35.5. The molecule has 3 N–H and O–H groups in total. The lowest BCUT2D eigenvalue weighted by atomic mass is 10.0. The van der Waals surface area contributed by atoms with Gasteiger partial charge in [-0.3, -0.25) is 19.1 Å². The molecule has 5 atom stereocenters. The third-order valence-electron chi connectivity index (χ3n) is 13.1. The Balaban J connectivity index is 1.06. The Morgan fingerprint density at radius 2 is 1.73 bits per heavy atom. The van der Waals surface area contributed by atoms with Gasteiger partial charge in [-0.05, 0) is 93.9 Å². The molecule has 3 aliphatic carbocycles. The average molecular weight is 901 g/mol. The largest absolute Gasteiger partial charge is 0.470 e. The number of hydrogen-bond acceptors (Lipinski definition) is 11. The lowest BCUT2D eigenvalue weighted by Crippen LogP contribution is -2.58. The van der Waals surface area contributed by atoms with E-state index in [0.717, 1.165) is 49.7 Å². The van der Waals surface area contributed by atoms with Crippen LogP contribution in [0, 0.1) is 5.92 Å². The highest BCUT2D eigenvalue weighted by molar-refractivity contribution is 7.91. The van der Waals surface area contributed by atoms with Gasteiger partial charge in [-0.1, -0.05) is 74.7 Å². The first kappa shape index (κ1) is 43.1. The van der Waals surface area contributed by atoms with Crippen molar-refractivity contribution < 1.29 is 41.5 Å². The molecule has 4 amide bonds. The topological polar surface area (TPSA) is 199 Å². The number of fused-ring (bicyclic) bond motifs is 5. The van der Waals surface area contributed by atoms with Gasteiger partial charge in [-0.2, -0.15) is 4.98 Å². The molecular weight excluding hydrogens is 848 g/mol. The van der Waals surface area contributed by atoms with Crippen LogP contribution >= 0.6 is 11.6 Å². The Bertz CT molecular complexity index is 2570. The third kappa shape index (κ3) is 9.11. The second-order valence-electron chi connectivity index (χ2n) is 18.1.